The molecule has 3 unspecified atom stereocenters. The molecule has 8 nitrogen and oxygen atoms in total. The summed E-state index contributed by atoms with van der Waals surface area (Å²) in [6.45, 7) is 4.97. The summed E-state index contributed by atoms with van der Waals surface area (Å²) >= 11 is 0. The van der Waals surface area contributed by atoms with Crippen molar-refractivity contribution in [3.05, 3.63) is 12.2 Å². The maximum absolute atomic E-state index is 13.1. The molecule has 0 aromatic rings. The molecule has 0 aromatic heterocycles. The lowest BCUT2D eigenvalue weighted by Crippen LogP contribution is -2.46. The minimum atomic E-state index is -4.33. The molecule has 0 heterocycles. The number of quaternary nitrogens is 1. The smallest absolute Gasteiger partial charge is 0.391 e. The van der Waals surface area contributed by atoms with Gasteiger partial charge in [-0.15, -0.1) is 0 Å². The quantitative estimate of drug-likeness (QED) is 0.0243. The second kappa shape index (κ2) is 72.5. The minimum Gasteiger partial charge on any atom is -0.391 e. The van der Waals surface area contributed by atoms with Crippen molar-refractivity contribution in [2.24, 2.45) is 0 Å². The van der Waals surface area contributed by atoms with Gasteiger partial charge in [0.15, 0.2) is 0 Å². The highest BCUT2D eigenvalue weighted by atomic mass is 31.2. The van der Waals surface area contributed by atoms with Gasteiger partial charge in [-0.25, -0.2) is 4.57 Å². The highest BCUT2D eigenvalue weighted by molar-refractivity contribution is 7.47. The molecule has 3 atom stereocenters. The van der Waals surface area contributed by atoms with Crippen molar-refractivity contribution in [3.8, 4) is 0 Å². The average Bonchev–Trinajstić information content (AvgIpc) is 3.18. The van der Waals surface area contributed by atoms with Crippen LogP contribution in [0.25, 0.3) is 0 Å². The van der Waals surface area contributed by atoms with E-state index in [2.05, 4.69) is 31.3 Å². The fourth-order valence-electron chi connectivity index (χ4n) is 13.2. The number of phosphoric ester groups is 1. The summed E-state index contributed by atoms with van der Waals surface area (Å²) in [6, 6.07) is -0.759. The fraction of sp³-hybridized carbons (Fsp3) is 0.963. The Morgan fingerprint density at radius 3 is 0.856 bits per heavy atom. The van der Waals surface area contributed by atoms with Gasteiger partial charge in [-0.1, -0.05) is 418 Å². The third-order valence-electron chi connectivity index (χ3n) is 19.5. The van der Waals surface area contributed by atoms with Crippen molar-refractivity contribution in [1.82, 2.24) is 5.32 Å². The van der Waals surface area contributed by atoms with E-state index in [0.717, 1.165) is 38.5 Å². The summed E-state index contributed by atoms with van der Waals surface area (Å²) in [5.41, 5.74) is 0. The Morgan fingerprint density at radius 1 is 0.367 bits per heavy atom. The summed E-state index contributed by atoms with van der Waals surface area (Å²) in [6.07, 6.45) is 95.2. The molecule has 9 heteroatoms. The zero-order chi connectivity index (χ0) is 65.5. The van der Waals surface area contributed by atoms with Crippen LogP contribution < -0.4 is 5.32 Å². The highest BCUT2D eigenvalue weighted by Gasteiger charge is 2.28. The predicted octanol–water partition coefficient (Wildman–Crippen LogP) is 26.8. The molecule has 538 valence electrons. The first-order valence-corrected chi connectivity index (χ1v) is 42.5. The van der Waals surface area contributed by atoms with E-state index in [1.807, 2.05) is 21.1 Å². The number of hydrogen-bond donors (Lipinski definition) is 3. The third-order valence-corrected chi connectivity index (χ3v) is 20.5. The van der Waals surface area contributed by atoms with Gasteiger partial charge >= 0.3 is 7.82 Å². The molecule has 0 aliphatic rings. The van der Waals surface area contributed by atoms with Gasteiger partial charge in [-0.05, 0) is 38.5 Å². The first kappa shape index (κ1) is 89.2. The summed E-state index contributed by atoms with van der Waals surface area (Å²) in [5.74, 6) is -0.132. The van der Waals surface area contributed by atoms with Gasteiger partial charge in [0.25, 0.3) is 0 Å². The number of aliphatic hydroxyl groups is 1. The summed E-state index contributed by atoms with van der Waals surface area (Å²) < 4.78 is 24.0. The van der Waals surface area contributed by atoms with Crippen LogP contribution in [0.3, 0.4) is 0 Å². The normalized spacial score (nSPS) is 13.5. The van der Waals surface area contributed by atoms with Crippen molar-refractivity contribution in [2.75, 3.05) is 40.9 Å². The zero-order valence-corrected chi connectivity index (χ0v) is 62.8. The summed E-state index contributed by atoms with van der Waals surface area (Å²) in [7, 11) is 1.64. The molecule has 0 spiro atoms. The average molecular weight is 1290 g/mol. The van der Waals surface area contributed by atoms with Crippen molar-refractivity contribution >= 4 is 13.7 Å². The van der Waals surface area contributed by atoms with Gasteiger partial charge in [-0.2, -0.15) is 0 Å². The number of nitrogens with one attached hydrogen (secondary N) is 1. The second-order valence-electron chi connectivity index (χ2n) is 29.9. The number of aliphatic hydroxyl groups excluding tert-OH is 1. The molecule has 0 saturated heterocycles. The van der Waals surface area contributed by atoms with Gasteiger partial charge in [-0.3, -0.25) is 13.8 Å². The van der Waals surface area contributed by atoms with E-state index in [1.165, 1.54) is 385 Å². The van der Waals surface area contributed by atoms with Gasteiger partial charge in [0, 0.05) is 6.42 Å². The Kier molecular flexibility index (Phi) is 71.9. The number of unbranched alkanes of at least 4 members (excludes halogenated alkanes) is 63. The molecule has 0 aliphatic heterocycles. The number of allylic oxidation sites excluding steroid dienone is 2. The number of hydrogen-bond acceptors (Lipinski definition) is 5. The Balaban J connectivity index is 3.88. The Labute approximate surface area is 564 Å². The lowest BCUT2D eigenvalue weighted by Gasteiger charge is -2.26. The topological polar surface area (TPSA) is 105 Å². The molecule has 3 N–H and O–H groups in total. The summed E-state index contributed by atoms with van der Waals surface area (Å²) in [5, 5.41) is 14.2. The van der Waals surface area contributed by atoms with E-state index in [-0.39, 0.29) is 19.1 Å². The lowest BCUT2D eigenvalue weighted by molar-refractivity contribution is -0.870. The lowest BCUT2D eigenvalue weighted by atomic mass is 10.0. The molecular weight excluding hydrogens is 1130 g/mol. The van der Waals surface area contributed by atoms with E-state index in [4.69, 9.17) is 9.05 Å². The van der Waals surface area contributed by atoms with Crippen molar-refractivity contribution in [3.63, 3.8) is 0 Å². The highest BCUT2D eigenvalue weighted by Crippen LogP contribution is 2.43. The molecule has 0 radical (unpaired) electrons. The van der Waals surface area contributed by atoms with E-state index < -0.39 is 20.0 Å². The van der Waals surface area contributed by atoms with Crippen LogP contribution in [0.15, 0.2) is 12.2 Å². The minimum absolute atomic E-state index is 0.0789. The number of amides is 1. The maximum atomic E-state index is 13.1. The SMILES string of the molecule is CCCCCCCCCC/C=C\CCCCCCCCCCCCCCCCCCCCCCCCCCCC(=O)NC(COP(=O)(O)OCC[N+](C)(C)C)C(O)CCCCCCCCCCCCCCCCCCCCCCCCCCCCCCCCC. The largest absolute Gasteiger partial charge is 0.472 e. The summed E-state index contributed by atoms with van der Waals surface area (Å²) in [4.78, 5) is 23.5. The Morgan fingerprint density at radius 2 is 0.600 bits per heavy atom. The monoisotopic (exact) mass is 1290 g/mol. The number of phosphoric acid groups is 1. The molecule has 1 amide bonds. The first-order chi connectivity index (χ1) is 44.0. The Bertz CT molecular complexity index is 1470. The van der Waals surface area contributed by atoms with Crippen LogP contribution in [0.1, 0.15) is 450 Å². The van der Waals surface area contributed by atoms with Crippen molar-refractivity contribution < 1.29 is 32.9 Å². The number of likely N-dealkylation sites (N-methyl/N-ethyl adjacent to an activating group) is 1. The van der Waals surface area contributed by atoms with E-state index in [0.29, 0.717) is 23.9 Å². The predicted molar refractivity (Wildman–Crippen MR) is 397 cm³/mol. The zero-order valence-electron chi connectivity index (χ0n) is 61.9. The van der Waals surface area contributed by atoms with Gasteiger partial charge in [0.1, 0.15) is 13.2 Å². The van der Waals surface area contributed by atoms with Crippen LogP contribution in [0.2, 0.25) is 0 Å². The number of carbonyl (C=O) groups is 1. The molecule has 0 bridgehead atoms. The number of carbonyl (C=O) groups excluding carboxylic acids is 1. The van der Waals surface area contributed by atoms with Gasteiger partial charge < -0.3 is 19.8 Å². The van der Waals surface area contributed by atoms with Crippen LogP contribution in [0.5, 0.6) is 0 Å². The number of nitrogens with zero attached hydrogens (tertiary/aromatic N) is 1. The van der Waals surface area contributed by atoms with Crippen LogP contribution >= 0.6 is 7.82 Å². The van der Waals surface area contributed by atoms with Crippen LogP contribution in [0.4, 0.5) is 0 Å². The maximum Gasteiger partial charge on any atom is 0.472 e. The van der Waals surface area contributed by atoms with E-state index in [9.17, 15) is 19.4 Å². The second-order valence-corrected chi connectivity index (χ2v) is 31.3. The van der Waals surface area contributed by atoms with Crippen molar-refractivity contribution in [2.45, 2.75) is 463 Å². The van der Waals surface area contributed by atoms with E-state index >= 15 is 0 Å². The number of rotatable bonds is 78. The van der Waals surface area contributed by atoms with Gasteiger partial charge in [0.2, 0.25) is 5.91 Å². The molecule has 0 fully saturated rings. The molecule has 0 rings (SSSR count). The Hall–Kier alpha value is -0.760. The van der Waals surface area contributed by atoms with Crippen LogP contribution in [0, 0.1) is 0 Å². The van der Waals surface area contributed by atoms with Crippen LogP contribution in [-0.4, -0.2) is 73.4 Å². The van der Waals surface area contributed by atoms with Gasteiger partial charge in [0.05, 0.1) is 39.9 Å². The molecule has 0 aromatic carbocycles. The van der Waals surface area contributed by atoms with E-state index in [1.54, 1.807) is 0 Å². The first-order valence-electron chi connectivity index (χ1n) is 41.1. The molecule has 90 heavy (non-hydrogen) atoms. The third kappa shape index (κ3) is 74.6. The standard InChI is InChI=1S/C81H163N2O6P/c1-6-8-10-12-14-16-18-20-22-24-26-28-30-32-34-36-38-39-40-41-42-43-45-47-49-51-53-55-57-59-61-63-65-67-69-71-73-75-81(85)82-79(78-89-90(86,87)88-77-76-83(3,4)5)80(84)74-72-70-68-66-64-62-60-58-56-54-52-50-48-46-44-37-35-33-31-29-27-25-23-21-19-17-15-13-11-9-7-2/h24,26,79-80,84H,6-23,25,27-78H2,1-5H3,(H-,82,85,86,87)/p+1/b26-24-. The van der Waals surface area contributed by atoms with Crippen molar-refractivity contribution in [1.29, 1.82) is 0 Å². The molecule has 0 saturated carbocycles. The van der Waals surface area contributed by atoms with Crippen LogP contribution in [-0.2, 0) is 18.4 Å². The molecular formula is C81H164N2O6P+. The fourth-order valence-corrected chi connectivity index (χ4v) is 13.9. The molecule has 0 aliphatic carbocycles.